The van der Waals surface area contributed by atoms with Crippen molar-refractivity contribution >= 4 is 23.5 Å². The number of hydrogen-bond donors (Lipinski definition) is 2. The molecule has 0 aliphatic heterocycles. The third-order valence-electron chi connectivity index (χ3n) is 2.34. The van der Waals surface area contributed by atoms with Gasteiger partial charge in [-0.25, -0.2) is 0 Å². The summed E-state index contributed by atoms with van der Waals surface area (Å²) in [5, 5.41) is 11.3. The van der Waals surface area contributed by atoms with Gasteiger partial charge in [-0.3, -0.25) is 9.59 Å². The fraction of sp³-hybridized carbons (Fsp3) is 0.385. The number of nitrogens with one attached hydrogen (secondary N) is 1. The van der Waals surface area contributed by atoms with Crippen molar-refractivity contribution in [3.63, 3.8) is 0 Å². The van der Waals surface area contributed by atoms with Crippen molar-refractivity contribution in [1.29, 1.82) is 0 Å². The molecule has 0 saturated carbocycles. The van der Waals surface area contributed by atoms with Crippen LogP contribution in [0.15, 0.2) is 24.3 Å². The molecule has 1 rings (SSSR count). The summed E-state index contributed by atoms with van der Waals surface area (Å²) in [7, 11) is 0. The number of benzene rings is 1. The summed E-state index contributed by atoms with van der Waals surface area (Å²) in [5.74, 6) is -1.19. The van der Waals surface area contributed by atoms with Crippen molar-refractivity contribution in [3.8, 4) is 5.75 Å². The van der Waals surface area contributed by atoms with Crippen LogP contribution < -0.4 is 10.1 Å². The minimum absolute atomic E-state index is 0.104. The molecule has 0 aliphatic rings. The van der Waals surface area contributed by atoms with Crippen molar-refractivity contribution in [3.05, 3.63) is 29.3 Å². The summed E-state index contributed by atoms with van der Waals surface area (Å²) in [6, 6.07) is 6.70. The molecule has 0 fully saturated rings. The number of rotatable bonds is 6. The van der Waals surface area contributed by atoms with E-state index in [9.17, 15) is 9.59 Å². The Morgan fingerprint density at radius 3 is 2.63 bits per heavy atom. The molecule has 5 nitrogen and oxygen atoms in total. The topological polar surface area (TPSA) is 75.6 Å². The van der Waals surface area contributed by atoms with E-state index in [0.717, 1.165) is 0 Å². The van der Waals surface area contributed by atoms with Crippen molar-refractivity contribution in [2.75, 3.05) is 6.54 Å². The second-order valence-corrected chi connectivity index (χ2v) is 4.79. The lowest BCUT2D eigenvalue weighted by Gasteiger charge is -2.21. The molecule has 19 heavy (non-hydrogen) atoms. The quantitative estimate of drug-likeness (QED) is 0.837. The summed E-state index contributed by atoms with van der Waals surface area (Å²) in [6.07, 6.45) is -0.766. The first-order chi connectivity index (χ1) is 8.90. The van der Waals surface area contributed by atoms with E-state index in [1.165, 1.54) is 0 Å². The number of carbonyl (C=O) groups excluding carboxylic acids is 1. The number of amides is 1. The van der Waals surface area contributed by atoms with Gasteiger partial charge in [-0.05, 0) is 24.1 Å². The van der Waals surface area contributed by atoms with Gasteiger partial charge < -0.3 is 15.2 Å². The highest BCUT2D eigenvalue weighted by atomic mass is 35.5. The van der Waals surface area contributed by atoms with Gasteiger partial charge in [0.2, 0.25) is 0 Å². The molecule has 104 valence electrons. The summed E-state index contributed by atoms with van der Waals surface area (Å²) in [4.78, 5) is 22.3. The Balaban J connectivity index is 2.72. The van der Waals surface area contributed by atoms with Gasteiger partial charge in [0.15, 0.2) is 6.10 Å². The van der Waals surface area contributed by atoms with Gasteiger partial charge in [-0.2, -0.15) is 0 Å². The van der Waals surface area contributed by atoms with Crippen molar-refractivity contribution in [1.82, 2.24) is 5.32 Å². The van der Waals surface area contributed by atoms with E-state index in [-0.39, 0.29) is 5.92 Å². The zero-order valence-corrected chi connectivity index (χ0v) is 11.5. The summed E-state index contributed by atoms with van der Waals surface area (Å²) < 4.78 is 5.56. The molecule has 0 saturated heterocycles. The predicted octanol–water partition coefficient (Wildman–Crippen LogP) is 1.94. The molecular formula is C13H16ClNO4. The Labute approximate surface area is 116 Å². The Hall–Kier alpha value is -1.75. The lowest BCUT2D eigenvalue weighted by Crippen LogP contribution is -2.43. The smallest absolute Gasteiger partial charge is 0.322 e. The number of carboxylic acid groups (broad SMARTS) is 1. The number of carbonyl (C=O) groups is 2. The maximum absolute atomic E-state index is 11.8. The second kappa shape index (κ2) is 6.99. The number of hydrogen-bond acceptors (Lipinski definition) is 3. The highest BCUT2D eigenvalue weighted by Crippen LogP contribution is 2.20. The third-order valence-corrected chi connectivity index (χ3v) is 2.57. The maximum atomic E-state index is 11.8. The molecule has 0 bridgehead atoms. The summed E-state index contributed by atoms with van der Waals surface area (Å²) in [6.45, 7) is 3.20. The Bertz CT molecular complexity index is 462. The fourth-order valence-corrected chi connectivity index (χ4v) is 1.62. The van der Waals surface area contributed by atoms with Gasteiger partial charge in [0.05, 0.1) is 0 Å². The molecule has 1 aromatic rings. The van der Waals surface area contributed by atoms with Gasteiger partial charge >= 0.3 is 5.97 Å². The standard InChI is InChI=1S/C13H16ClNO4/c1-8(2)12(13(18)15-7-11(16)17)19-10-5-3-4-9(14)6-10/h3-6,8,12H,7H2,1-2H3,(H,15,18)(H,16,17). The Kier molecular flexibility index (Phi) is 5.63. The van der Waals surface area contributed by atoms with E-state index in [0.29, 0.717) is 10.8 Å². The van der Waals surface area contributed by atoms with E-state index >= 15 is 0 Å². The van der Waals surface area contributed by atoms with E-state index < -0.39 is 24.5 Å². The molecule has 6 heteroatoms. The Morgan fingerprint density at radius 1 is 1.42 bits per heavy atom. The highest BCUT2D eigenvalue weighted by Gasteiger charge is 2.24. The van der Waals surface area contributed by atoms with Gasteiger partial charge in [-0.15, -0.1) is 0 Å². The lowest BCUT2D eigenvalue weighted by atomic mass is 10.1. The van der Waals surface area contributed by atoms with Crippen molar-refractivity contribution < 1.29 is 19.4 Å². The van der Waals surface area contributed by atoms with E-state index in [1.807, 2.05) is 13.8 Å². The van der Waals surface area contributed by atoms with Crippen LogP contribution in [0.3, 0.4) is 0 Å². The molecule has 1 amide bonds. The highest BCUT2D eigenvalue weighted by molar-refractivity contribution is 6.30. The van der Waals surface area contributed by atoms with E-state index in [2.05, 4.69) is 5.32 Å². The monoisotopic (exact) mass is 285 g/mol. The van der Waals surface area contributed by atoms with Crippen molar-refractivity contribution in [2.45, 2.75) is 20.0 Å². The zero-order chi connectivity index (χ0) is 14.4. The number of ether oxygens (including phenoxy) is 1. The Morgan fingerprint density at radius 2 is 2.11 bits per heavy atom. The van der Waals surface area contributed by atoms with E-state index in [1.54, 1.807) is 24.3 Å². The molecule has 0 aromatic heterocycles. The fourth-order valence-electron chi connectivity index (χ4n) is 1.44. The van der Waals surface area contributed by atoms with Crippen LogP contribution in [-0.2, 0) is 9.59 Å². The third kappa shape index (κ3) is 5.18. The predicted molar refractivity (Wildman–Crippen MR) is 71.4 cm³/mol. The number of aliphatic carboxylic acids is 1. The van der Waals surface area contributed by atoms with E-state index in [4.69, 9.17) is 21.4 Å². The van der Waals surface area contributed by atoms with Crippen molar-refractivity contribution in [2.24, 2.45) is 5.92 Å². The second-order valence-electron chi connectivity index (χ2n) is 4.35. The van der Waals surface area contributed by atoms with Crippen LogP contribution in [0.25, 0.3) is 0 Å². The maximum Gasteiger partial charge on any atom is 0.322 e. The SMILES string of the molecule is CC(C)C(Oc1cccc(Cl)c1)C(=O)NCC(=O)O. The molecule has 2 N–H and O–H groups in total. The minimum atomic E-state index is -1.10. The van der Waals surface area contributed by atoms with Crippen LogP contribution in [0.5, 0.6) is 5.75 Å². The van der Waals surface area contributed by atoms with Crippen LogP contribution in [-0.4, -0.2) is 29.6 Å². The first-order valence-electron chi connectivity index (χ1n) is 5.82. The molecule has 0 spiro atoms. The molecule has 0 radical (unpaired) electrons. The lowest BCUT2D eigenvalue weighted by molar-refractivity contribution is -0.139. The van der Waals surface area contributed by atoms with Crippen LogP contribution in [0.2, 0.25) is 5.02 Å². The van der Waals surface area contributed by atoms with Crippen LogP contribution in [0.4, 0.5) is 0 Å². The van der Waals surface area contributed by atoms with Crippen LogP contribution in [0, 0.1) is 5.92 Å². The summed E-state index contributed by atoms with van der Waals surface area (Å²) >= 11 is 5.83. The number of carboxylic acids is 1. The minimum Gasteiger partial charge on any atom is -0.480 e. The molecule has 0 heterocycles. The molecule has 1 atom stereocenters. The largest absolute Gasteiger partial charge is 0.480 e. The molecule has 1 aromatic carbocycles. The first kappa shape index (κ1) is 15.3. The van der Waals surface area contributed by atoms with Crippen LogP contribution >= 0.6 is 11.6 Å². The summed E-state index contributed by atoms with van der Waals surface area (Å²) in [5.41, 5.74) is 0. The first-order valence-corrected chi connectivity index (χ1v) is 6.19. The van der Waals surface area contributed by atoms with Crippen LogP contribution in [0.1, 0.15) is 13.8 Å². The molecule has 0 aliphatic carbocycles. The average Bonchev–Trinajstić information content (AvgIpc) is 2.32. The number of halogens is 1. The van der Waals surface area contributed by atoms with Gasteiger partial charge in [-0.1, -0.05) is 31.5 Å². The average molecular weight is 286 g/mol. The molecule has 1 unspecified atom stereocenters. The normalized spacial score (nSPS) is 12.0. The zero-order valence-electron chi connectivity index (χ0n) is 10.7. The van der Waals surface area contributed by atoms with Gasteiger partial charge in [0, 0.05) is 5.02 Å². The molecular weight excluding hydrogens is 270 g/mol. The van der Waals surface area contributed by atoms with Gasteiger partial charge in [0.1, 0.15) is 12.3 Å². The van der Waals surface area contributed by atoms with Gasteiger partial charge in [0.25, 0.3) is 5.91 Å².